The van der Waals surface area contributed by atoms with Gasteiger partial charge in [0, 0.05) is 31.9 Å². The van der Waals surface area contributed by atoms with Gasteiger partial charge in [0.05, 0.1) is 17.2 Å². The number of cyclic esters (lactones) is 1. The van der Waals surface area contributed by atoms with Crippen LogP contribution in [0.5, 0.6) is 5.75 Å². The molecule has 2 aliphatic rings. The number of aryl methyl sites for hydroxylation is 1. The lowest BCUT2D eigenvalue weighted by atomic mass is 9.91. The van der Waals surface area contributed by atoms with Crippen LogP contribution in [0.15, 0.2) is 21.5 Å². The van der Waals surface area contributed by atoms with Crippen LogP contribution in [-0.4, -0.2) is 40.9 Å². The maximum atomic E-state index is 11.8. The van der Waals surface area contributed by atoms with Crippen molar-refractivity contribution in [2.75, 3.05) is 13.2 Å². The van der Waals surface area contributed by atoms with Crippen LogP contribution in [0.1, 0.15) is 32.1 Å². The van der Waals surface area contributed by atoms with Gasteiger partial charge in [0.15, 0.2) is 0 Å². The van der Waals surface area contributed by atoms with E-state index >= 15 is 0 Å². The summed E-state index contributed by atoms with van der Waals surface area (Å²) in [7, 11) is 1.71. The molecule has 0 N–H and O–H groups in total. The van der Waals surface area contributed by atoms with Gasteiger partial charge >= 0.3 is 6.09 Å². The van der Waals surface area contributed by atoms with Crippen LogP contribution < -0.4 is 10.3 Å². The molecule has 1 aromatic rings. The SMILES string of the molecule is Cn1cc(Br)c(OC2CCC(N3CCCOC3=O)CC2)cc1=O. The Bertz CT molecular complexity index is 637. The second kappa shape index (κ2) is 6.95. The quantitative estimate of drug-likeness (QED) is 0.803. The predicted molar refractivity (Wildman–Crippen MR) is 88.7 cm³/mol. The van der Waals surface area contributed by atoms with E-state index in [1.54, 1.807) is 13.2 Å². The average molecular weight is 385 g/mol. The largest absolute Gasteiger partial charge is 0.489 e. The topological polar surface area (TPSA) is 60.8 Å². The van der Waals surface area contributed by atoms with Gasteiger partial charge < -0.3 is 18.9 Å². The van der Waals surface area contributed by atoms with Crippen LogP contribution in [0.3, 0.4) is 0 Å². The third kappa shape index (κ3) is 3.71. The second-order valence-electron chi connectivity index (χ2n) is 6.14. The van der Waals surface area contributed by atoms with E-state index in [2.05, 4.69) is 15.9 Å². The van der Waals surface area contributed by atoms with Gasteiger partial charge in [-0.1, -0.05) is 0 Å². The molecule has 126 valence electrons. The molecule has 0 atom stereocenters. The number of pyridine rings is 1. The molecule has 2 heterocycles. The third-order valence-corrected chi connectivity index (χ3v) is 5.12. The molecule has 1 saturated carbocycles. The highest BCUT2D eigenvalue weighted by atomic mass is 79.9. The summed E-state index contributed by atoms with van der Waals surface area (Å²) in [5.41, 5.74) is -0.0899. The minimum Gasteiger partial charge on any atom is -0.489 e. The van der Waals surface area contributed by atoms with E-state index in [1.165, 1.54) is 10.6 Å². The number of carbonyl (C=O) groups excluding carboxylic acids is 1. The van der Waals surface area contributed by atoms with Crippen LogP contribution in [0.25, 0.3) is 0 Å². The zero-order valence-electron chi connectivity index (χ0n) is 13.2. The van der Waals surface area contributed by atoms with Crippen molar-refractivity contribution < 1.29 is 14.3 Å². The van der Waals surface area contributed by atoms with Gasteiger partial charge in [0.2, 0.25) is 0 Å². The average Bonchev–Trinajstić information content (AvgIpc) is 2.54. The monoisotopic (exact) mass is 384 g/mol. The molecule has 1 aliphatic heterocycles. The molecule has 0 spiro atoms. The van der Waals surface area contributed by atoms with Gasteiger partial charge in [0.1, 0.15) is 5.75 Å². The van der Waals surface area contributed by atoms with Crippen molar-refractivity contribution in [3.05, 3.63) is 27.1 Å². The maximum Gasteiger partial charge on any atom is 0.410 e. The number of carbonyl (C=O) groups is 1. The first-order valence-corrected chi connectivity index (χ1v) is 8.80. The van der Waals surface area contributed by atoms with Crippen LogP contribution >= 0.6 is 15.9 Å². The fourth-order valence-electron chi connectivity index (χ4n) is 3.23. The Hall–Kier alpha value is -1.50. The molecule has 0 bridgehead atoms. The Morgan fingerprint density at radius 2 is 2.00 bits per heavy atom. The number of aromatic nitrogens is 1. The number of halogens is 1. The van der Waals surface area contributed by atoms with Gasteiger partial charge in [0.25, 0.3) is 5.56 Å². The fraction of sp³-hybridized carbons (Fsp3) is 0.625. The summed E-state index contributed by atoms with van der Waals surface area (Å²) in [6, 6.07) is 1.76. The van der Waals surface area contributed by atoms with Gasteiger partial charge in [-0.15, -0.1) is 0 Å². The molecule has 1 amide bonds. The van der Waals surface area contributed by atoms with E-state index in [9.17, 15) is 9.59 Å². The molecule has 3 rings (SSSR count). The van der Waals surface area contributed by atoms with Crippen molar-refractivity contribution in [1.82, 2.24) is 9.47 Å². The van der Waals surface area contributed by atoms with Crippen LogP contribution in [0.2, 0.25) is 0 Å². The molecule has 1 saturated heterocycles. The summed E-state index contributed by atoms with van der Waals surface area (Å²) in [5.74, 6) is 0.592. The van der Waals surface area contributed by atoms with Gasteiger partial charge in [-0.2, -0.15) is 0 Å². The van der Waals surface area contributed by atoms with Crippen LogP contribution in [0.4, 0.5) is 4.79 Å². The number of nitrogens with zero attached hydrogens (tertiary/aromatic N) is 2. The van der Waals surface area contributed by atoms with E-state index < -0.39 is 0 Å². The summed E-state index contributed by atoms with van der Waals surface area (Å²) in [4.78, 5) is 25.4. The normalized spacial score (nSPS) is 25.1. The lowest BCUT2D eigenvalue weighted by Gasteiger charge is -2.38. The van der Waals surface area contributed by atoms with E-state index in [0.717, 1.165) is 43.1 Å². The summed E-state index contributed by atoms with van der Waals surface area (Å²) in [6.45, 7) is 1.32. The number of amides is 1. The Kier molecular flexibility index (Phi) is 4.94. The van der Waals surface area contributed by atoms with Crippen LogP contribution in [-0.2, 0) is 11.8 Å². The van der Waals surface area contributed by atoms with Gasteiger partial charge in [-0.25, -0.2) is 4.79 Å². The van der Waals surface area contributed by atoms with Crippen molar-refractivity contribution in [2.24, 2.45) is 7.05 Å². The van der Waals surface area contributed by atoms with Gasteiger partial charge in [-0.3, -0.25) is 4.79 Å². The molecule has 1 aromatic heterocycles. The van der Waals surface area contributed by atoms with E-state index in [0.29, 0.717) is 12.4 Å². The van der Waals surface area contributed by atoms with Crippen molar-refractivity contribution >= 4 is 22.0 Å². The highest BCUT2D eigenvalue weighted by Gasteiger charge is 2.32. The molecule has 0 unspecified atom stereocenters. The van der Waals surface area contributed by atoms with Gasteiger partial charge in [-0.05, 0) is 48.0 Å². The third-order valence-electron chi connectivity index (χ3n) is 4.53. The number of hydrogen-bond acceptors (Lipinski definition) is 4. The number of hydrogen-bond donors (Lipinski definition) is 0. The minimum atomic E-state index is -0.185. The first-order valence-electron chi connectivity index (χ1n) is 8.01. The zero-order chi connectivity index (χ0) is 16.4. The standard InChI is InChI=1S/C16H21BrN2O4/c1-18-10-13(17)14(9-15(18)20)23-12-5-3-11(4-6-12)19-7-2-8-22-16(19)21/h9-12H,2-8H2,1H3. The van der Waals surface area contributed by atoms with E-state index in [4.69, 9.17) is 9.47 Å². The number of rotatable bonds is 3. The molecule has 7 heteroatoms. The molecule has 2 fully saturated rings. The fourth-order valence-corrected chi connectivity index (χ4v) is 3.74. The number of ether oxygens (including phenoxy) is 2. The molecule has 0 aromatic carbocycles. The lowest BCUT2D eigenvalue weighted by Crippen LogP contribution is -2.47. The summed E-state index contributed by atoms with van der Waals surface area (Å²) < 4.78 is 13.4. The second-order valence-corrected chi connectivity index (χ2v) is 7.00. The Morgan fingerprint density at radius 1 is 1.26 bits per heavy atom. The maximum absolute atomic E-state index is 11.8. The molecular formula is C16H21BrN2O4. The smallest absolute Gasteiger partial charge is 0.410 e. The van der Waals surface area contributed by atoms with Crippen LogP contribution in [0, 0.1) is 0 Å². The summed E-state index contributed by atoms with van der Waals surface area (Å²) >= 11 is 3.44. The Balaban J connectivity index is 1.58. The van der Waals surface area contributed by atoms with E-state index in [-0.39, 0.29) is 23.8 Å². The van der Waals surface area contributed by atoms with E-state index in [1.807, 2.05) is 4.90 Å². The molecule has 1 aliphatic carbocycles. The van der Waals surface area contributed by atoms with Crippen molar-refractivity contribution in [3.8, 4) is 5.75 Å². The zero-order valence-corrected chi connectivity index (χ0v) is 14.8. The Labute approximate surface area is 143 Å². The van der Waals surface area contributed by atoms with Crippen molar-refractivity contribution in [2.45, 2.75) is 44.2 Å². The summed E-state index contributed by atoms with van der Waals surface area (Å²) in [6.07, 6.45) is 6.07. The Morgan fingerprint density at radius 3 is 2.70 bits per heavy atom. The highest BCUT2D eigenvalue weighted by Crippen LogP contribution is 2.30. The lowest BCUT2D eigenvalue weighted by molar-refractivity contribution is 0.0340. The first-order chi connectivity index (χ1) is 11.0. The summed E-state index contributed by atoms with van der Waals surface area (Å²) in [5, 5.41) is 0. The molecular weight excluding hydrogens is 364 g/mol. The molecule has 23 heavy (non-hydrogen) atoms. The first kappa shape index (κ1) is 16.4. The molecule has 0 radical (unpaired) electrons. The van der Waals surface area contributed by atoms with Crippen molar-refractivity contribution in [1.29, 1.82) is 0 Å². The predicted octanol–water partition coefficient (Wildman–Crippen LogP) is 2.68. The molecule has 6 nitrogen and oxygen atoms in total. The minimum absolute atomic E-state index is 0.0791. The highest BCUT2D eigenvalue weighted by molar-refractivity contribution is 9.10. The van der Waals surface area contributed by atoms with Crippen molar-refractivity contribution in [3.63, 3.8) is 0 Å².